The first-order valence-corrected chi connectivity index (χ1v) is 15.3. The Morgan fingerprint density at radius 2 is 1.27 bits per heavy atom. The van der Waals surface area contributed by atoms with Crippen molar-refractivity contribution in [2.75, 3.05) is 5.73 Å². The van der Waals surface area contributed by atoms with Gasteiger partial charge in [-0.3, -0.25) is 4.57 Å². The molecule has 4 heteroatoms. The van der Waals surface area contributed by atoms with Crippen molar-refractivity contribution < 1.29 is 4.42 Å². The van der Waals surface area contributed by atoms with Gasteiger partial charge in [-0.15, -0.1) is 0 Å². The number of hydrogen-bond acceptors (Lipinski definition) is 3. The van der Waals surface area contributed by atoms with E-state index in [0.29, 0.717) is 5.69 Å². The van der Waals surface area contributed by atoms with Crippen molar-refractivity contribution in [2.24, 2.45) is 0 Å². The maximum Gasteiger partial charge on any atom is 0.145 e. The molecule has 0 amide bonds. The lowest BCUT2D eigenvalue weighted by molar-refractivity contribution is 0.625. The molecule has 6 aromatic carbocycles. The van der Waals surface area contributed by atoms with Crippen LogP contribution < -0.4 is 5.73 Å². The van der Waals surface area contributed by atoms with E-state index in [1.165, 1.54) is 11.1 Å². The summed E-state index contributed by atoms with van der Waals surface area (Å²) in [5, 5.41) is 1.12. The molecule has 2 N–H and O–H groups in total. The van der Waals surface area contributed by atoms with Crippen LogP contribution in [-0.2, 0) is 0 Å². The Balaban J connectivity index is 1.13. The molecule has 8 aromatic rings. The third kappa shape index (κ3) is 4.68. The Labute approximate surface area is 262 Å². The number of nitrogen functional groups attached to an aromatic ring is 1. The number of imidazole rings is 1. The molecule has 8 rings (SSSR count). The van der Waals surface area contributed by atoms with Crippen LogP contribution in [0.25, 0.3) is 61.5 Å². The highest BCUT2D eigenvalue weighted by Crippen LogP contribution is 2.42. The van der Waals surface area contributed by atoms with Crippen molar-refractivity contribution in [1.82, 2.24) is 9.55 Å². The molecule has 0 radical (unpaired) electrons. The third-order valence-electron chi connectivity index (χ3n) is 8.73. The van der Waals surface area contributed by atoms with Gasteiger partial charge in [-0.05, 0) is 59.2 Å². The van der Waals surface area contributed by atoms with Gasteiger partial charge in [-0.2, -0.15) is 0 Å². The van der Waals surface area contributed by atoms with Crippen LogP contribution in [0, 0.1) is 0 Å². The summed E-state index contributed by atoms with van der Waals surface area (Å²) in [4.78, 5) is 4.99. The second-order valence-corrected chi connectivity index (χ2v) is 11.4. The van der Waals surface area contributed by atoms with E-state index in [-0.39, 0.29) is 5.92 Å². The van der Waals surface area contributed by atoms with E-state index in [4.69, 9.17) is 15.1 Å². The molecule has 0 spiro atoms. The van der Waals surface area contributed by atoms with E-state index in [1.54, 1.807) is 0 Å². The summed E-state index contributed by atoms with van der Waals surface area (Å²) in [5.41, 5.74) is 17.9. The molecule has 2 aromatic heterocycles. The van der Waals surface area contributed by atoms with Gasteiger partial charge in [0.1, 0.15) is 17.2 Å². The molecule has 2 heterocycles. The average Bonchev–Trinajstić information content (AvgIpc) is 3.68. The van der Waals surface area contributed by atoms with Crippen molar-refractivity contribution >= 4 is 27.7 Å². The molecule has 0 saturated heterocycles. The van der Waals surface area contributed by atoms with Crippen LogP contribution in [0.4, 0.5) is 5.69 Å². The topological polar surface area (TPSA) is 57.0 Å². The molecule has 1 atom stereocenters. The number of anilines is 1. The summed E-state index contributed by atoms with van der Waals surface area (Å²) in [7, 11) is 0. The predicted octanol–water partition coefficient (Wildman–Crippen LogP) is 10.5. The van der Waals surface area contributed by atoms with Crippen LogP contribution >= 0.6 is 0 Å². The molecule has 0 aliphatic carbocycles. The molecule has 0 aliphatic heterocycles. The van der Waals surface area contributed by atoms with Gasteiger partial charge in [0.15, 0.2) is 0 Å². The zero-order valence-electron chi connectivity index (χ0n) is 24.9. The van der Waals surface area contributed by atoms with E-state index in [1.807, 2.05) is 48.5 Å². The fraction of sp³-hybridized carbons (Fsp3) is 0.0488. The summed E-state index contributed by atoms with van der Waals surface area (Å²) in [6.07, 6.45) is 0. The van der Waals surface area contributed by atoms with E-state index in [0.717, 1.165) is 61.5 Å². The van der Waals surface area contributed by atoms with Gasteiger partial charge in [-0.1, -0.05) is 116 Å². The highest BCUT2D eigenvalue weighted by Gasteiger charge is 2.23. The van der Waals surface area contributed by atoms with Gasteiger partial charge in [0, 0.05) is 39.4 Å². The van der Waals surface area contributed by atoms with Gasteiger partial charge >= 0.3 is 0 Å². The minimum absolute atomic E-state index is 0.102. The number of nitrogens with two attached hydrogens (primary N) is 1. The molecule has 216 valence electrons. The monoisotopic (exact) mass is 581 g/mol. The van der Waals surface area contributed by atoms with Crippen LogP contribution in [0.2, 0.25) is 0 Å². The zero-order chi connectivity index (χ0) is 30.3. The Bertz CT molecular complexity index is 2280. The van der Waals surface area contributed by atoms with E-state index < -0.39 is 0 Å². The summed E-state index contributed by atoms with van der Waals surface area (Å²) in [6.45, 7) is 2.24. The first-order valence-electron chi connectivity index (χ1n) is 15.3. The Kier molecular flexibility index (Phi) is 6.54. The summed E-state index contributed by atoms with van der Waals surface area (Å²) in [6, 6.07) is 52.4. The number of furan rings is 1. The van der Waals surface area contributed by atoms with Crippen molar-refractivity contribution in [3.05, 3.63) is 163 Å². The van der Waals surface area contributed by atoms with Gasteiger partial charge in [0.25, 0.3) is 0 Å². The van der Waals surface area contributed by atoms with Crippen molar-refractivity contribution in [2.45, 2.75) is 12.8 Å². The van der Waals surface area contributed by atoms with Crippen molar-refractivity contribution in [3.63, 3.8) is 0 Å². The fourth-order valence-electron chi connectivity index (χ4n) is 6.40. The molecular formula is C41H31N3O. The molecule has 0 aliphatic rings. The predicted molar refractivity (Wildman–Crippen MR) is 186 cm³/mol. The lowest BCUT2D eigenvalue weighted by Gasteiger charge is -2.15. The first kappa shape index (κ1) is 26.7. The highest BCUT2D eigenvalue weighted by atomic mass is 16.3. The van der Waals surface area contributed by atoms with Crippen LogP contribution in [-0.4, -0.2) is 9.55 Å². The molecule has 0 bridgehead atoms. The highest BCUT2D eigenvalue weighted by molar-refractivity contribution is 5.91. The number of nitrogens with zero attached hydrogens (tertiary/aromatic N) is 2. The van der Waals surface area contributed by atoms with Crippen LogP contribution in [0.1, 0.15) is 24.0 Å². The molecule has 0 saturated carbocycles. The molecule has 45 heavy (non-hydrogen) atoms. The lowest BCUT2D eigenvalue weighted by atomic mass is 9.88. The number of aromatic nitrogens is 2. The second-order valence-electron chi connectivity index (χ2n) is 11.4. The number of rotatable bonds is 6. The van der Waals surface area contributed by atoms with Gasteiger partial charge in [0.2, 0.25) is 0 Å². The summed E-state index contributed by atoms with van der Waals surface area (Å²) >= 11 is 0. The molecule has 4 nitrogen and oxygen atoms in total. The molecule has 1 unspecified atom stereocenters. The van der Waals surface area contributed by atoms with Gasteiger partial charge in [-0.25, -0.2) is 4.98 Å². The largest absolute Gasteiger partial charge is 0.456 e. The Morgan fingerprint density at radius 3 is 2.04 bits per heavy atom. The van der Waals surface area contributed by atoms with Crippen LogP contribution in [0.3, 0.4) is 0 Å². The summed E-state index contributed by atoms with van der Waals surface area (Å²) in [5.74, 6) is 1.88. The smallest absolute Gasteiger partial charge is 0.145 e. The third-order valence-corrected chi connectivity index (χ3v) is 8.73. The Morgan fingerprint density at radius 1 is 0.622 bits per heavy atom. The second kappa shape index (κ2) is 11.0. The van der Waals surface area contributed by atoms with Crippen molar-refractivity contribution in [1.29, 1.82) is 0 Å². The van der Waals surface area contributed by atoms with E-state index in [2.05, 4.69) is 115 Å². The Hall–Kier alpha value is -5.87. The standard InChI is InChI=1S/C41H31N3O/c1-27(39-34-14-6-10-18-38(34)45-40(39)33-13-5-7-15-35(33)42)28-19-21-29(22-20-28)30-23-25-32(26-24-30)44-37-17-9-8-16-36(37)43-41(44)31-11-3-2-4-12-31/h2-27H,42H2,1H3. The number of para-hydroxylation sites is 4. The lowest BCUT2D eigenvalue weighted by Crippen LogP contribution is -1.99. The number of hydrogen-bond donors (Lipinski definition) is 1. The minimum Gasteiger partial charge on any atom is -0.456 e. The summed E-state index contributed by atoms with van der Waals surface area (Å²) < 4.78 is 8.66. The maximum atomic E-state index is 6.42. The van der Waals surface area contributed by atoms with Crippen LogP contribution in [0.5, 0.6) is 0 Å². The molecular weight excluding hydrogens is 550 g/mol. The molecule has 0 fully saturated rings. The number of fused-ring (bicyclic) bond motifs is 2. The van der Waals surface area contributed by atoms with Crippen LogP contribution in [0.15, 0.2) is 156 Å². The zero-order valence-corrected chi connectivity index (χ0v) is 24.9. The fourth-order valence-corrected chi connectivity index (χ4v) is 6.40. The van der Waals surface area contributed by atoms with Crippen molar-refractivity contribution in [3.8, 4) is 39.5 Å². The van der Waals surface area contributed by atoms with Gasteiger partial charge in [0.05, 0.1) is 11.0 Å². The van der Waals surface area contributed by atoms with E-state index >= 15 is 0 Å². The quantitative estimate of drug-likeness (QED) is 0.199. The normalized spacial score (nSPS) is 12.1. The van der Waals surface area contributed by atoms with E-state index in [9.17, 15) is 0 Å². The van der Waals surface area contributed by atoms with Gasteiger partial charge < -0.3 is 10.2 Å². The number of benzene rings is 6. The first-order chi connectivity index (χ1) is 22.2. The SMILES string of the molecule is CC(c1ccc(-c2ccc(-n3c(-c4ccccc4)nc4ccccc43)cc2)cc1)c1c(-c2ccccc2N)oc2ccccc12. The average molecular weight is 582 g/mol. The minimum atomic E-state index is 0.102. The maximum absolute atomic E-state index is 6.42.